The van der Waals surface area contributed by atoms with E-state index in [4.69, 9.17) is 0 Å². The SMILES string of the molecule is O=S(=O)(Cc1ccncn1)c1ccc2c(-c3ccc(C(F)(F)F)cc3F)cccc2c1. The van der Waals surface area contributed by atoms with Crippen molar-refractivity contribution in [1.82, 2.24) is 9.97 Å². The highest BCUT2D eigenvalue weighted by Crippen LogP contribution is 2.36. The second-order valence-corrected chi connectivity index (χ2v) is 8.83. The highest BCUT2D eigenvalue weighted by atomic mass is 32.2. The fourth-order valence-electron chi connectivity index (χ4n) is 3.28. The van der Waals surface area contributed by atoms with Crippen LogP contribution in [0.4, 0.5) is 17.6 Å². The quantitative estimate of drug-likeness (QED) is 0.393. The lowest BCUT2D eigenvalue weighted by Crippen LogP contribution is -2.06. The van der Waals surface area contributed by atoms with Crippen LogP contribution < -0.4 is 0 Å². The first-order valence-electron chi connectivity index (χ1n) is 9.03. The minimum atomic E-state index is -4.65. The number of aromatic nitrogens is 2. The summed E-state index contributed by atoms with van der Waals surface area (Å²) in [6, 6.07) is 13.0. The fourth-order valence-corrected chi connectivity index (χ4v) is 4.59. The molecule has 0 spiro atoms. The van der Waals surface area contributed by atoms with Crippen molar-refractivity contribution in [2.45, 2.75) is 16.8 Å². The van der Waals surface area contributed by atoms with Crippen molar-refractivity contribution in [3.8, 4) is 11.1 Å². The molecule has 1 heterocycles. The van der Waals surface area contributed by atoms with E-state index in [0.29, 0.717) is 28.1 Å². The van der Waals surface area contributed by atoms with E-state index >= 15 is 0 Å². The number of alkyl halides is 3. The Labute approximate surface area is 175 Å². The molecule has 0 saturated heterocycles. The van der Waals surface area contributed by atoms with Crippen LogP contribution in [0.5, 0.6) is 0 Å². The molecule has 0 unspecified atom stereocenters. The van der Waals surface area contributed by atoms with Crippen molar-refractivity contribution in [2.75, 3.05) is 0 Å². The molecular weight excluding hydrogens is 432 g/mol. The van der Waals surface area contributed by atoms with E-state index in [-0.39, 0.29) is 16.2 Å². The van der Waals surface area contributed by atoms with E-state index in [1.54, 1.807) is 18.2 Å². The van der Waals surface area contributed by atoms with Gasteiger partial charge in [0.2, 0.25) is 0 Å². The lowest BCUT2D eigenvalue weighted by molar-refractivity contribution is -0.137. The van der Waals surface area contributed by atoms with Crippen LogP contribution in [0.25, 0.3) is 21.9 Å². The molecule has 3 aromatic carbocycles. The molecule has 158 valence electrons. The van der Waals surface area contributed by atoms with Crippen molar-refractivity contribution in [3.05, 3.63) is 90.3 Å². The number of rotatable bonds is 4. The van der Waals surface area contributed by atoms with E-state index in [2.05, 4.69) is 9.97 Å². The average Bonchev–Trinajstić information content (AvgIpc) is 2.73. The van der Waals surface area contributed by atoms with Crippen molar-refractivity contribution in [2.24, 2.45) is 0 Å². The summed E-state index contributed by atoms with van der Waals surface area (Å²) in [5, 5.41) is 1.03. The molecule has 1 aromatic heterocycles. The molecule has 0 N–H and O–H groups in total. The van der Waals surface area contributed by atoms with Crippen molar-refractivity contribution >= 4 is 20.6 Å². The van der Waals surface area contributed by atoms with Crippen LogP contribution in [0.2, 0.25) is 0 Å². The predicted octanol–water partition coefficient (Wildman–Crippen LogP) is 5.43. The Bertz CT molecular complexity index is 1370. The number of benzene rings is 3. The number of fused-ring (bicyclic) bond motifs is 1. The lowest BCUT2D eigenvalue weighted by atomic mass is 9.97. The molecule has 4 aromatic rings. The van der Waals surface area contributed by atoms with E-state index < -0.39 is 27.4 Å². The average molecular weight is 446 g/mol. The first-order chi connectivity index (χ1) is 14.6. The van der Waals surface area contributed by atoms with Gasteiger partial charge in [-0.2, -0.15) is 13.2 Å². The zero-order valence-electron chi connectivity index (χ0n) is 15.8. The van der Waals surface area contributed by atoms with Crippen LogP contribution in [0.3, 0.4) is 0 Å². The summed E-state index contributed by atoms with van der Waals surface area (Å²) >= 11 is 0. The topological polar surface area (TPSA) is 59.9 Å². The van der Waals surface area contributed by atoms with E-state index in [1.165, 1.54) is 36.8 Å². The minimum Gasteiger partial charge on any atom is -0.245 e. The van der Waals surface area contributed by atoms with Crippen LogP contribution in [0.15, 0.2) is 78.1 Å². The van der Waals surface area contributed by atoms with Gasteiger partial charge in [-0.1, -0.05) is 30.3 Å². The van der Waals surface area contributed by atoms with Crippen molar-refractivity contribution in [3.63, 3.8) is 0 Å². The summed E-state index contributed by atoms with van der Waals surface area (Å²) in [6.45, 7) is 0. The second-order valence-electron chi connectivity index (χ2n) is 6.84. The summed E-state index contributed by atoms with van der Waals surface area (Å²) < 4.78 is 78.5. The highest BCUT2D eigenvalue weighted by molar-refractivity contribution is 7.90. The van der Waals surface area contributed by atoms with Gasteiger partial charge in [0.25, 0.3) is 0 Å². The zero-order valence-corrected chi connectivity index (χ0v) is 16.6. The predicted molar refractivity (Wildman–Crippen MR) is 107 cm³/mol. The third kappa shape index (κ3) is 4.27. The maximum Gasteiger partial charge on any atom is 0.416 e. The van der Waals surface area contributed by atoms with Gasteiger partial charge in [0.05, 0.1) is 21.9 Å². The summed E-state index contributed by atoms with van der Waals surface area (Å²) in [4.78, 5) is 7.74. The molecule has 0 aliphatic rings. The third-order valence-corrected chi connectivity index (χ3v) is 6.43. The van der Waals surface area contributed by atoms with Crippen LogP contribution in [-0.4, -0.2) is 18.4 Å². The molecule has 4 rings (SSSR count). The molecule has 0 amide bonds. The van der Waals surface area contributed by atoms with Gasteiger partial charge in [-0.15, -0.1) is 0 Å². The Kier molecular flexibility index (Phi) is 5.22. The normalized spacial score (nSPS) is 12.3. The molecule has 0 saturated carbocycles. The van der Waals surface area contributed by atoms with Gasteiger partial charge >= 0.3 is 6.18 Å². The Balaban J connectivity index is 1.76. The van der Waals surface area contributed by atoms with Gasteiger partial charge in [-0.25, -0.2) is 22.8 Å². The number of halogens is 4. The van der Waals surface area contributed by atoms with Gasteiger partial charge in [-0.05, 0) is 46.7 Å². The number of nitrogens with zero attached hydrogens (tertiary/aromatic N) is 2. The molecule has 0 bridgehead atoms. The zero-order chi connectivity index (χ0) is 22.2. The van der Waals surface area contributed by atoms with Crippen molar-refractivity contribution < 1.29 is 26.0 Å². The van der Waals surface area contributed by atoms with E-state index in [9.17, 15) is 26.0 Å². The third-order valence-electron chi connectivity index (χ3n) is 4.78. The maximum absolute atomic E-state index is 14.5. The second kappa shape index (κ2) is 7.73. The molecule has 0 aliphatic carbocycles. The minimum absolute atomic E-state index is 0.00445. The number of sulfone groups is 1. The summed E-state index contributed by atoms with van der Waals surface area (Å²) in [7, 11) is -3.70. The first-order valence-corrected chi connectivity index (χ1v) is 10.7. The number of hydrogen-bond acceptors (Lipinski definition) is 4. The van der Waals surface area contributed by atoms with Crippen LogP contribution in [0, 0.1) is 5.82 Å². The van der Waals surface area contributed by atoms with E-state index in [1.807, 2.05) is 0 Å². The smallest absolute Gasteiger partial charge is 0.245 e. The molecule has 9 heteroatoms. The summed E-state index contributed by atoms with van der Waals surface area (Å²) in [6.07, 6.45) is -1.94. The largest absolute Gasteiger partial charge is 0.416 e. The Morgan fingerprint density at radius 1 is 0.903 bits per heavy atom. The molecule has 0 atom stereocenters. The van der Waals surface area contributed by atoms with Crippen LogP contribution in [0.1, 0.15) is 11.3 Å². The Morgan fingerprint density at radius 3 is 2.39 bits per heavy atom. The van der Waals surface area contributed by atoms with Crippen LogP contribution in [-0.2, 0) is 21.8 Å². The molecule has 31 heavy (non-hydrogen) atoms. The fraction of sp³-hybridized carbons (Fsp3) is 0.0909. The Morgan fingerprint density at radius 2 is 1.71 bits per heavy atom. The highest BCUT2D eigenvalue weighted by Gasteiger charge is 2.31. The van der Waals surface area contributed by atoms with Gasteiger partial charge < -0.3 is 0 Å². The molecule has 4 nitrogen and oxygen atoms in total. The lowest BCUT2D eigenvalue weighted by Gasteiger charge is -2.12. The standard InChI is InChI=1S/C22H14F4N2O2S/c23-21-11-15(22(24,25)26)4-6-20(21)19-3-1-2-14-10-17(5-7-18(14)19)31(29,30)12-16-8-9-27-13-28-16/h1-11,13H,12H2. The van der Waals surface area contributed by atoms with Crippen molar-refractivity contribution in [1.29, 1.82) is 0 Å². The van der Waals surface area contributed by atoms with Gasteiger partial charge in [0.1, 0.15) is 12.1 Å². The van der Waals surface area contributed by atoms with Gasteiger partial charge in [-0.3, -0.25) is 0 Å². The van der Waals surface area contributed by atoms with Gasteiger partial charge in [0.15, 0.2) is 9.84 Å². The van der Waals surface area contributed by atoms with Gasteiger partial charge in [0, 0.05) is 11.8 Å². The Hall–Kier alpha value is -3.33. The van der Waals surface area contributed by atoms with Crippen LogP contribution >= 0.6 is 0 Å². The molecule has 0 radical (unpaired) electrons. The maximum atomic E-state index is 14.5. The summed E-state index contributed by atoms with van der Waals surface area (Å²) in [5.41, 5.74) is -0.374. The van der Waals surface area contributed by atoms with E-state index in [0.717, 1.165) is 12.1 Å². The summed E-state index contributed by atoms with van der Waals surface area (Å²) in [5.74, 6) is -1.32. The first kappa shape index (κ1) is 20.9. The molecule has 0 fully saturated rings. The number of hydrogen-bond donors (Lipinski definition) is 0. The molecule has 0 aliphatic heterocycles. The monoisotopic (exact) mass is 446 g/mol. The molecular formula is C22H14F4N2O2S.